The van der Waals surface area contributed by atoms with Gasteiger partial charge in [0.15, 0.2) is 0 Å². The molecule has 0 aromatic carbocycles. The van der Waals surface area contributed by atoms with Crippen molar-refractivity contribution in [3.8, 4) is 0 Å². The summed E-state index contributed by atoms with van der Waals surface area (Å²) in [5.41, 5.74) is 0. The summed E-state index contributed by atoms with van der Waals surface area (Å²) in [7, 11) is 0. The van der Waals surface area contributed by atoms with Gasteiger partial charge in [0.05, 0.1) is 0 Å². The van der Waals surface area contributed by atoms with Crippen molar-refractivity contribution < 1.29 is 0 Å². The van der Waals surface area contributed by atoms with Gasteiger partial charge in [-0.2, -0.15) is 0 Å². The second-order valence-corrected chi connectivity index (χ2v) is 5.26. The van der Waals surface area contributed by atoms with Crippen LogP contribution in [0, 0.1) is 12.8 Å². The van der Waals surface area contributed by atoms with Gasteiger partial charge in [-0.3, -0.25) is 0 Å². The average Bonchev–Trinajstić information content (AvgIpc) is 2.76. The Morgan fingerprint density at radius 2 is 2.35 bits per heavy atom. The lowest BCUT2D eigenvalue weighted by Gasteiger charge is -2.29. The molecule has 0 amide bonds. The zero-order chi connectivity index (χ0) is 12.1. The Kier molecular flexibility index (Phi) is 4.60. The Morgan fingerprint density at radius 1 is 1.47 bits per heavy atom. The van der Waals surface area contributed by atoms with Crippen LogP contribution in [0.1, 0.15) is 44.9 Å². The largest absolute Gasteiger partial charge is 0.334 e. The molecule has 17 heavy (non-hydrogen) atoms. The van der Waals surface area contributed by atoms with Gasteiger partial charge >= 0.3 is 0 Å². The van der Waals surface area contributed by atoms with Crippen LogP contribution in [0.15, 0.2) is 12.4 Å². The van der Waals surface area contributed by atoms with Gasteiger partial charge in [0, 0.05) is 31.5 Å². The molecule has 0 spiro atoms. The fourth-order valence-electron chi connectivity index (χ4n) is 2.88. The molecule has 0 radical (unpaired) electrons. The molecule has 0 bridgehead atoms. The summed E-state index contributed by atoms with van der Waals surface area (Å²) >= 11 is 0. The lowest BCUT2D eigenvalue weighted by Crippen LogP contribution is -2.36. The summed E-state index contributed by atoms with van der Waals surface area (Å²) in [4.78, 5) is 4.24. The fraction of sp³-hybridized carbons (Fsp3) is 0.786. The van der Waals surface area contributed by atoms with Crippen LogP contribution >= 0.6 is 0 Å². The van der Waals surface area contributed by atoms with E-state index in [1.807, 2.05) is 6.20 Å². The van der Waals surface area contributed by atoms with Crippen LogP contribution in [-0.4, -0.2) is 22.1 Å². The quantitative estimate of drug-likeness (QED) is 0.850. The summed E-state index contributed by atoms with van der Waals surface area (Å²) in [5.74, 6) is 2.07. The van der Waals surface area contributed by atoms with E-state index in [1.54, 1.807) is 0 Å². The molecule has 1 aromatic rings. The molecule has 1 fully saturated rings. The number of hydrogen-bond acceptors (Lipinski definition) is 2. The molecule has 1 aromatic heterocycles. The van der Waals surface area contributed by atoms with Gasteiger partial charge in [-0.15, -0.1) is 0 Å². The van der Waals surface area contributed by atoms with Gasteiger partial charge < -0.3 is 9.88 Å². The van der Waals surface area contributed by atoms with Crippen LogP contribution in [0.5, 0.6) is 0 Å². The lowest BCUT2D eigenvalue weighted by atomic mass is 9.84. The predicted molar refractivity (Wildman–Crippen MR) is 71.0 cm³/mol. The molecular weight excluding hydrogens is 210 g/mol. The van der Waals surface area contributed by atoms with E-state index in [0.717, 1.165) is 30.9 Å². The minimum Gasteiger partial charge on any atom is -0.334 e. The normalized spacial score (nSPS) is 25.1. The van der Waals surface area contributed by atoms with E-state index in [9.17, 15) is 0 Å². The Balaban J connectivity index is 1.70. The van der Waals surface area contributed by atoms with Crippen molar-refractivity contribution >= 4 is 0 Å². The highest BCUT2D eigenvalue weighted by Gasteiger charge is 2.19. The van der Waals surface area contributed by atoms with Gasteiger partial charge in [0.25, 0.3) is 0 Å². The maximum absolute atomic E-state index is 4.24. The number of aryl methyl sites for hydroxylation is 1. The van der Waals surface area contributed by atoms with E-state index in [2.05, 4.69) is 34.9 Å². The monoisotopic (exact) mass is 235 g/mol. The molecule has 3 heteroatoms. The Labute approximate surface area is 105 Å². The molecule has 1 heterocycles. The highest BCUT2D eigenvalue weighted by Crippen LogP contribution is 2.26. The third-order valence-electron chi connectivity index (χ3n) is 4.07. The second kappa shape index (κ2) is 6.20. The topological polar surface area (TPSA) is 29.9 Å². The van der Waals surface area contributed by atoms with E-state index >= 15 is 0 Å². The highest BCUT2D eigenvalue weighted by molar-refractivity contribution is 4.88. The SMILES string of the molecule is CCC1CCCC(NCCn2ccnc2C)C1. The van der Waals surface area contributed by atoms with Crippen molar-refractivity contribution in [3.05, 3.63) is 18.2 Å². The minimum absolute atomic E-state index is 0.748. The fourth-order valence-corrected chi connectivity index (χ4v) is 2.88. The van der Waals surface area contributed by atoms with E-state index in [4.69, 9.17) is 0 Å². The number of imidazole rings is 1. The Hall–Kier alpha value is -0.830. The first-order valence-corrected chi connectivity index (χ1v) is 7.00. The van der Waals surface area contributed by atoms with Crippen molar-refractivity contribution in [1.82, 2.24) is 14.9 Å². The van der Waals surface area contributed by atoms with Crippen molar-refractivity contribution in [2.45, 2.75) is 58.5 Å². The highest BCUT2D eigenvalue weighted by atomic mass is 15.1. The number of hydrogen-bond donors (Lipinski definition) is 1. The van der Waals surface area contributed by atoms with Gasteiger partial charge in [0.2, 0.25) is 0 Å². The molecule has 1 N–H and O–H groups in total. The summed E-state index contributed by atoms with van der Waals surface area (Å²) in [6, 6.07) is 0.748. The zero-order valence-corrected chi connectivity index (χ0v) is 11.2. The van der Waals surface area contributed by atoms with Crippen LogP contribution < -0.4 is 5.32 Å². The van der Waals surface area contributed by atoms with Crippen molar-refractivity contribution in [2.24, 2.45) is 5.92 Å². The van der Waals surface area contributed by atoms with Crippen LogP contribution in [-0.2, 0) is 6.54 Å². The Bertz CT molecular complexity index is 332. The van der Waals surface area contributed by atoms with Crippen LogP contribution in [0.2, 0.25) is 0 Å². The first-order valence-electron chi connectivity index (χ1n) is 7.00. The third-order valence-corrected chi connectivity index (χ3v) is 4.07. The van der Waals surface area contributed by atoms with Crippen molar-refractivity contribution in [3.63, 3.8) is 0 Å². The smallest absolute Gasteiger partial charge is 0.105 e. The molecule has 1 aliphatic rings. The van der Waals surface area contributed by atoms with E-state index in [0.29, 0.717) is 0 Å². The predicted octanol–water partition coefficient (Wildman–Crippen LogP) is 2.75. The first-order chi connectivity index (χ1) is 8.29. The second-order valence-electron chi connectivity index (χ2n) is 5.26. The first kappa shape index (κ1) is 12.6. The van der Waals surface area contributed by atoms with Gasteiger partial charge in [0.1, 0.15) is 5.82 Å². The van der Waals surface area contributed by atoms with E-state index in [-0.39, 0.29) is 0 Å². The molecule has 2 atom stereocenters. The molecule has 96 valence electrons. The average molecular weight is 235 g/mol. The molecule has 3 nitrogen and oxygen atoms in total. The maximum Gasteiger partial charge on any atom is 0.105 e. The molecule has 2 rings (SSSR count). The Morgan fingerprint density at radius 3 is 3.06 bits per heavy atom. The van der Waals surface area contributed by atoms with E-state index in [1.165, 1.54) is 32.1 Å². The van der Waals surface area contributed by atoms with E-state index < -0.39 is 0 Å². The van der Waals surface area contributed by atoms with Crippen molar-refractivity contribution in [2.75, 3.05) is 6.54 Å². The number of nitrogens with one attached hydrogen (secondary N) is 1. The third kappa shape index (κ3) is 3.56. The summed E-state index contributed by atoms with van der Waals surface area (Å²) in [6.07, 6.45) is 10.9. The summed E-state index contributed by atoms with van der Waals surface area (Å²) < 4.78 is 2.22. The molecule has 2 unspecified atom stereocenters. The molecule has 1 aliphatic carbocycles. The molecule has 0 saturated heterocycles. The number of rotatable bonds is 5. The standard InChI is InChI=1S/C14H25N3/c1-3-13-5-4-6-14(11-13)16-8-10-17-9-7-15-12(17)2/h7,9,13-14,16H,3-6,8,10-11H2,1-2H3. The number of aromatic nitrogens is 2. The zero-order valence-electron chi connectivity index (χ0n) is 11.2. The molecule has 1 saturated carbocycles. The van der Waals surface area contributed by atoms with Crippen LogP contribution in [0.25, 0.3) is 0 Å². The summed E-state index contributed by atoms with van der Waals surface area (Å²) in [5, 5.41) is 3.70. The van der Waals surface area contributed by atoms with Crippen LogP contribution in [0.3, 0.4) is 0 Å². The van der Waals surface area contributed by atoms with Gasteiger partial charge in [-0.1, -0.05) is 26.2 Å². The number of nitrogens with zero attached hydrogens (tertiary/aromatic N) is 2. The molecular formula is C14H25N3. The van der Waals surface area contributed by atoms with Gasteiger partial charge in [-0.05, 0) is 25.7 Å². The summed E-state index contributed by atoms with van der Waals surface area (Å²) in [6.45, 7) is 6.49. The van der Waals surface area contributed by atoms with Crippen molar-refractivity contribution in [1.29, 1.82) is 0 Å². The lowest BCUT2D eigenvalue weighted by molar-refractivity contribution is 0.277. The van der Waals surface area contributed by atoms with Gasteiger partial charge in [-0.25, -0.2) is 4.98 Å². The molecule has 0 aliphatic heterocycles. The maximum atomic E-state index is 4.24. The van der Waals surface area contributed by atoms with Crippen LogP contribution in [0.4, 0.5) is 0 Å². The minimum atomic E-state index is 0.748.